The number of carboxylic acids is 1. The van der Waals surface area contributed by atoms with Crippen molar-refractivity contribution in [3.05, 3.63) is 52.3 Å². The number of aliphatic carboxylic acids is 1. The van der Waals surface area contributed by atoms with Gasteiger partial charge in [0.2, 0.25) is 0 Å². The van der Waals surface area contributed by atoms with E-state index in [0.717, 1.165) is 17.8 Å². The molecule has 0 amide bonds. The number of nitrogens with zero attached hydrogens (tertiary/aromatic N) is 2. The predicted molar refractivity (Wildman–Crippen MR) is 149 cm³/mol. The number of ketones is 1. The van der Waals surface area contributed by atoms with Crippen molar-refractivity contribution in [3.63, 3.8) is 0 Å². The van der Waals surface area contributed by atoms with E-state index in [2.05, 4.69) is 18.7 Å². The van der Waals surface area contributed by atoms with Gasteiger partial charge in [-0.25, -0.2) is 4.39 Å². The molecule has 38 heavy (non-hydrogen) atoms. The van der Waals surface area contributed by atoms with Crippen LogP contribution in [0, 0.1) is 11.2 Å². The number of fused-ring (bicyclic) bond motifs is 2. The highest BCUT2D eigenvalue weighted by Crippen LogP contribution is 2.42. The van der Waals surface area contributed by atoms with Gasteiger partial charge in [0.1, 0.15) is 5.84 Å². The van der Waals surface area contributed by atoms with E-state index >= 15 is 4.39 Å². The molecule has 206 valence electrons. The van der Waals surface area contributed by atoms with Crippen molar-refractivity contribution in [3.8, 4) is 11.5 Å². The molecular weight excluding hydrogens is 557 g/mol. The van der Waals surface area contributed by atoms with Gasteiger partial charge in [-0.05, 0) is 55.7 Å². The smallest absolute Gasteiger partial charge is 0.303 e. The Hall–Kier alpha value is -3.14. The minimum Gasteiger partial charge on any atom is -0.490 e. The maximum Gasteiger partial charge on any atom is 0.303 e. The lowest BCUT2D eigenvalue weighted by molar-refractivity contribution is -0.137. The van der Waals surface area contributed by atoms with Gasteiger partial charge in [-0.3, -0.25) is 15.0 Å². The van der Waals surface area contributed by atoms with Crippen molar-refractivity contribution in [2.24, 2.45) is 0 Å². The number of carbonyl (C=O) groups is 2. The summed E-state index contributed by atoms with van der Waals surface area (Å²) in [5.41, 5.74) is 3.14. The van der Waals surface area contributed by atoms with Crippen molar-refractivity contribution < 1.29 is 28.6 Å². The standard InChI is InChI=1S/C28H34FN3O5.BrH/c1-5-36-22-13-18-14-32(27(30)24(18)25(29)26(22)37-6-2)15-21(33)17-9-10-20-19(12-17)28(3,4)16-31(20)11-7-8-23(34)35;/h9-10,12-13,30H,5-8,11,14-16H2,1-4H3,(H,34,35);1H. The fraction of sp³-hybridized carbons (Fsp3) is 0.464. The molecule has 0 fully saturated rings. The number of hydrogen-bond donors (Lipinski definition) is 2. The van der Waals surface area contributed by atoms with Gasteiger partial charge in [0.05, 0.1) is 25.3 Å². The molecule has 2 N–H and O–H groups in total. The second-order valence-electron chi connectivity index (χ2n) is 10.1. The van der Waals surface area contributed by atoms with Crippen molar-refractivity contribution in [2.45, 2.75) is 52.5 Å². The zero-order valence-corrected chi connectivity index (χ0v) is 23.9. The molecule has 2 aromatic rings. The van der Waals surface area contributed by atoms with Gasteiger partial charge < -0.3 is 24.4 Å². The summed E-state index contributed by atoms with van der Waals surface area (Å²) < 4.78 is 26.4. The Morgan fingerprint density at radius 3 is 2.50 bits per heavy atom. The molecule has 0 bridgehead atoms. The molecule has 0 aliphatic carbocycles. The van der Waals surface area contributed by atoms with E-state index in [1.54, 1.807) is 30.9 Å². The average Bonchev–Trinajstić information content (AvgIpc) is 3.28. The third-order valence-corrected chi connectivity index (χ3v) is 6.90. The highest BCUT2D eigenvalue weighted by atomic mass is 79.9. The Morgan fingerprint density at radius 2 is 1.84 bits per heavy atom. The summed E-state index contributed by atoms with van der Waals surface area (Å²) in [6, 6.07) is 7.30. The predicted octanol–water partition coefficient (Wildman–Crippen LogP) is 5.19. The average molecular weight is 593 g/mol. The van der Waals surface area contributed by atoms with Crippen LogP contribution in [0.4, 0.5) is 10.1 Å². The second-order valence-corrected chi connectivity index (χ2v) is 10.1. The zero-order chi connectivity index (χ0) is 26.9. The van der Waals surface area contributed by atoms with E-state index in [4.69, 9.17) is 20.0 Å². The lowest BCUT2D eigenvalue weighted by Crippen LogP contribution is -2.30. The number of rotatable bonds is 11. The lowest BCUT2D eigenvalue weighted by atomic mass is 9.85. The van der Waals surface area contributed by atoms with Crippen LogP contribution in [0.15, 0.2) is 24.3 Å². The topological polar surface area (TPSA) is 103 Å². The van der Waals surface area contributed by atoms with Crippen LogP contribution in [-0.4, -0.2) is 60.4 Å². The molecule has 10 heteroatoms. The Morgan fingerprint density at radius 1 is 1.13 bits per heavy atom. The van der Waals surface area contributed by atoms with Gasteiger partial charge in [0, 0.05) is 42.7 Å². The highest BCUT2D eigenvalue weighted by molar-refractivity contribution is 8.93. The minimum atomic E-state index is -0.808. The first-order valence-electron chi connectivity index (χ1n) is 12.7. The number of amidine groups is 1. The monoisotopic (exact) mass is 591 g/mol. The molecule has 0 atom stereocenters. The van der Waals surface area contributed by atoms with E-state index in [1.807, 2.05) is 12.1 Å². The fourth-order valence-corrected chi connectivity index (χ4v) is 5.22. The number of Topliss-reactive ketones (excluding diaryl/α,β-unsaturated/α-hetero) is 1. The molecule has 4 rings (SSSR count). The molecule has 0 unspecified atom stereocenters. The molecule has 0 saturated heterocycles. The summed E-state index contributed by atoms with van der Waals surface area (Å²) >= 11 is 0. The molecule has 2 aliphatic rings. The number of carboxylic acid groups (broad SMARTS) is 1. The highest BCUT2D eigenvalue weighted by Gasteiger charge is 2.36. The van der Waals surface area contributed by atoms with E-state index in [-0.39, 0.29) is 71.4 Å². The second kappa shape index (κ2) is 11.7. The lowest BCUT2D eigenvalue weighted by Gasteiger charge is -2.22. The Bertz CT molecular complexity index is 1250. The minimum absolute atomic E-state index is 0. The molecule has 0 spiro atoms. The summed E-state index contributed by atoms with van der Waals surface area (Å²) in [6.45, 7) is 9.96. The van der Waals surface area contributed by atoms with E-state index in [0.29, 0.717) is 36.4 Å². The third-order valence-electron chi connectivity index (χ3n) is 6.90. The fourth-order valence-electron chi connectivity index (χ4n) is 5.22. The molecule has 2 aromatic carbocycles. The number of anilines is 1. The zero-order valence-electron chi connectivity index (χ0n) is 22.2. The van der Waals surface area contributed by atoms with Gasteiger partial charge in [-0.15, -0.1) is 17.0 Å². The van der Waals surface area contributed by atoms with Crippen LogP contribution in [0.3, 0.4) is 0 Å². The molecule has 8 nitrogen and oxygen atoms in total. The summed E-state index contributed by atoms with van der Waals surface area (Å²) in [5.74, 6) is -1.35. The molecule has 2 heterocycles. The number of nitrogens with one attached hydrogen (secondary N) is 1. The number of benzene rings is 2. The molecule has 0 saturated carbocycles. The molecular formula is C28H35BrFN3O5. The van der Waals surface area contributed by atoms with Crippen molar-refractivity contribution in [1.29, 1.82) is 5.41 Å². The van der Waals surface area contributed by atoms with Crippen molar-refractivity contribution >= 4 is 40.3 Å². The van der Waals surface area contributed by atoms with Crippen LogP contribution < -0.4 is 14.4 Å². The normalized spacial score (nSPS) is 15.1. The van der Waals surface area contributed by atoms with E-state index in [9.17, 15) is 9.59 Å². The van der Waals surface area contributed by atoms with Crippen LogP contribution in [0.25, 0.3) is 0 Å². The van der Waals surface area contributed by atoms with Crippen LogP contribution in [0.5, 0.6) is 11.5 Å². The first-order chi connectivity index (χ1) is 17.6. The summed E-state index contributed by atoms with van der Waals surface area (Å²) in [4.78, 5) is 27.9. The Kier molecular flexibility index (Phi) is 9.07. The van der Waals surface area contributed by atoms with Crippen molar-refractivity contribution in [2.75, 3.05) is 37.7 Å². The van der Waals surface area contributed by atoms with Crippen LogP contribution >= 0.6 is 17.0 Å². The van der Waals surface area contributed by atoms with Gasteiger partial charge >= 0.3 is 5.97 Å². The van der Waals surface area contributed by atoms with Gasteiger partial charge in [-0.1, -0.05) is 13.8 Å². The van der Waals surface area contributed by atoms with Crippen LogP contribution in [-0.2, 0) is 16.8 Å². The Balaban J connectivity index is 0.00000400. The Labute approximate surface area is 233 Å². The third kappa shape index (κ3) is 5.65. The molecule has 0 radical (unpaired) electrons. The van der Waals surface area contributed by atoms with E-state index in [1.165, 1.54) is 0 Å². The van der Waals surface area contributed by atoms with Gasteiger partial charge in [0.25, 0.3) is 0 Å². The van der Waals surface area contributed by atoms with Crippen molar-refractivity contribution in [1.82, 2.24) is 4.90 Å². The first-order valence-corrected chi connectivity index (χ1v) is 12.7. The SMILES string of the molecule is Br.CCOc1cc2c(c(F)c1OCC)C(=N)N(CC(=O)c1ccc3c(c1)C(C)(C)CN3CCCC(=O)O)C2. The number of halogens is 2. The first kappa shape index (κ1) is 29.4. The van der Waals surface area contributed by atoms with E-state index < -0.39 is 11.8 Å². The maximum atomic E-state index is 15.3. The summed E-state index contributed by atoms with van der Waals surface area (Å²) in [5, 5.41) is 17.5. The maximum absolute atomic E-state index is 15.3. The number of hydrogen-bond acceptors (Lipinski definition) is 6. The quantitative estimate of drug-likeness (QED) is 0.347. The van der Waals surface area contributed by atoms with Crippen LogP contribution in [0.1, 0.15) is 67.6 Å². The van der Waals surface area contributed by atoms with Gasteiger partial charge in [0.15, 0.2) is 23.1 Å². The largest absolute Gasteiger partial charge is 0.490 e. The number of carbonyl (C=O) groups excluding carboxylic acids is 1. The summed E-state index contributed by atoms with van der Waals surface area (Å²) in [7, 11) is 0. The molecule has 0 aromatic heterocycles. The molecule has 2 aliphatic heterocycles. The van der Waals surface area contributed by atoms with Gasteiger partial charge in [-0.2, -0.15) is 0 Å². The van der Waals surface area contributed by atoms with Crippen LogP contribution in [0.2, 0.25) is 0 Å². The number of ether oxygens (including phenoxy) is 2. The summed E-state index contributed by atoms with van der Waals surface area (Å²) in [6.07, 6.45) is 0.668.